The van der Waals surface area contributed by atoms with E-state index in [1.807, 2.05) is 0 Å². The second-order valence-electron chi connectivity index (χ2n) is 5.52. The second-order valence-corrected chi connectivity index (χ2v) is 7.59. The lowest BCUT2D eigenvalue weighted by atomic mass is 10.0. The van der Waals surface area contributed by atoms with Gasteiger partial charge >= 0.3 is 0 Å². The molecule has 3 rings (SSSR count). The summed E-state index contributed by atoms with van der Waals surface area (Å²) in [5.41, 5.74) is 0.811. The average molecular weight is 269 g/mol. The molecular formula is C12H19N3O2S. The van der Waals surface area contributed by atoms with Gasteiger partial charge in [0.1, 0.15) is 0 Å². The van der Waals surface area contributed by atoms with Gasteiger partial charge in [-0.15, -0.1) is 9.19 Å². The quantitative estimate of drug-likeness (QED) is 0.816. The third-order valence-electron chi connectivity index (χ3n) is 4.01. The van der Waals surface area contributed by atoms with Crippen LogP contribution in [0.5, 0.6) is 0 Å². The minimum atomic E-state index is -3.24. The van der Waals surface area contributed by atoms with Gasteiger partial charge < -0.3 is 0 Å². The molecule has 0 unspecified atom stereocenters. The summed E-state index contributed by atoms with van der Waals surface area (Å²) in [6, 6.07) is 0. The van der Waals surface area contributed by atoms with Crippen molar-refractivity contribution in [3.05, 3.63) is 11.9 Å². The largest absolute Gasteiger partial charge is 0.258 e. The zero-order valence-electron chi connectivity index (χ0n) is 10.5. The maximum atomic E-state index is 11.9. The van der Waals surface area contributed by atoms with Crippen molar-refractivity contribution >= 4 is 10.0 Å². The predicted molar refractivity (Wildman–Crippen MR) is 67.6 cm³/mol. The van der Waals surface area contributed by atoms with Gasteiger partial charge in [0.15, 0.2) is 0 Å². The smallest absolute Gasteiger partial charge is 0.204 e. The van der Waals surface area contributed by atoms with Crippen molar-refractivity contribution in [2.45, 2.75) is 56.6 Å². The first-order valence-corrected chi connectivity index (χ1v) is 8.32. The molecule has 2 fully saturated rings. The Labute approximate surface area is 108 Å². The standard InChI is InChI=1S/C12H19N3O2S/c16-18(17,12-7-8-12)15-9-11(13-14-15)6-5-10-3-1-2-4-10/h9-10,12H,1-8H2. The lowest BCUT2D eigenvalue weighted by Gasteiger charge is -2.05. The number of aryl methyl sites for hydroxylation is 1. The van der Waals surface area contributed by atoms with E-state index in [0.29, 0.717) is 0 Å². The molecule has 1 aromatic heterocycles. The van der Waals surface area contributed by atoms with Crippen molar-refractivity contribution in [3.8, 4) is 0 Å². The van der Waals surface area contributed by atoms with Gasteiger partial charge in [-0.3, -0.25) is 0 Å². The zero-order chi connectivity index (χ0) is 12.6. The molecule has 18 heavy (non-hydrogen) atoms. The van der Waals surface area contributed by atoms with E-state index in [1.54, 1.807) is 6.20 Å². The van der Waals surface area contributed by atoms with Crippen LogP contribution in [0.25, 0.3) is 0 Å². The number of aromatic nitrogens is 3. The minimum absolute atomic E-state index is 0.220. The van der Waals surface area contributed by atoms with Crippen molar-refractivity contribution < 1.29 is 8.42 Å². The topological polar surface area (TPSA) is 64.8 Å². The number of hydrogen-bond donors (Lipinski definition) is 0. The minimum Gasteiger partial charge on any atom is -0.204 e. The fourth-order valence-corrected chi connectivity index (χ4v) is 4.13. The molecule has 6 heteroatoms. The van der Waals surface area contributed by atoms with E-state index < -0.39 is 10.0 Å². The van der Waals surface area contributed by atoms with E-state index in [0.717, 1.165) is 41.4 Å². The van der Waals surface area contributed by atoms with Crippen LogP contribution in [0, 0.1) is 5.92 Å². The highest BCUT2D eigenvalue weighted by Crippen LogP contribution is 2.30. The predicted octanol–water partition coefficient (Wildman–Crippen LogP) is 1.74. The van der Waals surface area contributed by atoms with Gasteiger partial charge in [-0.05, 0) is 31.6 Å². The van der Waals surface area contributed by atoms with E-state index in [9.17, 15) is 8.42 Å². The van der Waals surface area contributed by atoms with Crippen LogP contribution in [0.4, 0.5) is 0 Å². The summed E-state index contributed by atoms with van der Waals surface area (Å²) < 4.78 is 24.9. The molecule has 1 aromatic rings. The number of rotatable bonds is 5. The fraction of sp³-hybridized carbons (Fsp3) is 0.833. The zero-order valence-corrected chi connectivity index (χ0v) is 11.3. The van der Waals surface area contributed by atoms with Crippen LogP contribution in [0.1, 0.15) is 50.6 Å². The Morgan fingerprint density at radius 2 is 1.94 bits per heavy atom. The average Bonchev–Trinajstić information content (AvgIpc) is 2.91. The molecule has 2 aliphatic rings. The highest BCUT2D eigenvalue weighted by Gasteiger charge is 2.37. The van der Waals surface area contributed by atoms with Crippen molar-refractivity contribution in [2.24, 2.45) is 5.92 Å². The van der Waals surface area contributed by atoms with E-state index in [-0.39, 0.29) is 5.25 Å². The van der Waals surface area contributed by atoms with Gasteiger partial charge in [-0.25, -0.2) is 8.42 Å². The van der Waals surface area contributed by atoms with Crippen molar-refractivity contribution in [1.82, 2.24) is 14.4 Å². The molecule has 0 radical (unpaired) electrons. The van der Waals surface area contributed by atoms with Crippen LogP contribution in [0.15, 0.2) is 6.20 Å². The maximum absolute atomic E-state index is 11.9. The Hall–Kier alpha value is -0.910. The normalized spacial score (nSPS) is 21.6. The highest BCUT2D eigenvalue weighted by molar-refractivity contribution is 7.90. The summed E-state index contributed by atoms with van der Waals surface area (Å²) in [6.45, 7) is 0. The summed E-state index contributed by atoms with van der Waals surface area (Å²) in [4.78, 5) is 0. The highest BCUT2D eigenvalue weighted by atomic mass is 32.2. The van der Waals surface area contributed by atoms with Gasteiger partial charge in [0.05, 0.1) is 17.1 Å². The Kier molecular flexibility index (Phi) is 3.13. The van der Waals surface area contributed by atoms with Gasteiger partial charge in [0.25, 0.3) is 10.0 Å². The lowest BCUT2D eigenvalue weighted by Crippen LogP contribution is -2.17. The third kappa shape index (κ3) is 2.43. The van der Waals surface area contributed by atoms with Crippen molar-refractivity contribution in [1.29, 1.82) is 0 Å². The Bertz CT molecular complexity index is 513. The Morgan fingerprint density at radius 1 is 1.22 bits per heavy atom. The summed E-state index contributed by atoms with van der Waals surface area (Å²) in [5, 5.41) is 7.54. The molecule has 0 aliphatic heterocycles. The molecule has 100 valence electrons. The van der Waals surface area contributed by atoms with E-state index in [2.05, 4.69) is 10.3 Å². The summed E-state index contributed by atoms with van der Waals surface area (Å²) in [5.74, 6) is 0.801. The molecule has 0 amide bonds. The maximum Gasteiger partial charge on any atom is 0.258 e. The number of hydrogen-bond acceptors (Lipinski definition) is 4. The van der Waals surface area contributed by atoms with Gasteiger partial charge in [0, 0.05) is 0 Å². The summed E-state index contributed by atoms with van der Waals surface area (Å²) in [6.07, 6.45) is 10.4. The molecule has 0 aromatic carbocycles. The molecule has 0 saturated heterocycles. The summed E-state index contributed by atoms with van der Waals surface area (Å²) >= 11 is 0. The molecule has 2 saturated carbocycles. The van der Waals surface area contributed by atoms with E-state index in [4.69, 9.17) is 0 Å². The Morgan fingerprint density at radius 3 is 2.61 bits per heavy atom. The lowest BCUT2D eigenvalue weighted by molar-refractivity contribution is 0.500. The SMILES string of the molecule is O=S(=O)(C1CC1)n1cc(CCC2CCCC2)nn1. The molecule has 5 nitrogen and oxygen atoms in total. The van der Waals surface area contributed by atoms with E-state index in [1.165, 1.54) is 25.7 Å². The fourth-order valence-electron chi connectivity index (χ4n) is 2.69. The Balaban J connectivity index is 1.62. The van der Waals surface area contributed by atoms with Crippen LogP contribution in [-0.2, 0) is 16.4 Å². The number of nitrogens with zero attached hydrogens (tertiary/aromatic N) is 3. The monoisotopic (exact) mass is 269 g/mol. The van der Waals surface area contributed by atoms with Crippen LogP contribution in [0.2, 0.25) is 0 Å². The molecule has 0 bridgehead atoms. The van der Waals surface area contributed by atoms with Gasteiger partial charge in [-0.2, -0.15) is 0 Å². The van der Waals surface area contributed by atoms with Gasteiger partial charge in [0.2, 0.25) is 0 Å². The molecule has 0 spiro atoms. The van der Waals surface area contributed by atoms with Crippen molar-refractivity contribution in [3.63, 3.8) is 0 Å². The molecule has 1 heterocycles. The van der Waals surface area contributed by atoms with Crippen molar-refractivity contribution in [2.75, 3.05) is 0 Å². The van der Waals surface area contributed by atoms with E-state index >= 15 is 0 Å². The van der Waals surface area contributed by atoms with Crippen LogP contribution < -0.4 is 0 Å². The molecule has 0 atom stereocenters. The molecular weight excluding hydrogens is 250 g/mol. The first kappa shape index (κ1) is 12.1. The van der Waals surface area contributed by atoms with Crippen LogP contribution in [0.3, 0.4) is 0 Å². The van der Waals surface area contributed by atoms with Crippen LogP contribution >= 0.6 is 0 Å². The van der Waals surface area contributed by atoms with Gasteiger partial charge in [-0.1, -0.05) is 30.9 Å². The first-order chi connectivity index (χ1) is 8.66. The third-order valence-corrected chi connectivity index (χ3v) is 6.02. The molecule has 2 aliphatic carbocycles. The summed E-state index contributed by atoms with van der Waals surface area (Å²) in [7, 11) is -3.24. The molecule has 0 N–H and O–H groups in total. The first-order valence-electron chi connectivity index (χ1n) is 6.82. The van der Waals surface area contributed by atoms with Crippen LogP contribution in [-0.4, -0.2) is 28.1 Å². The second kappa shape index (κ2) is 4.64.